The standard InChI is InChI=1S/C18H21ClN4O2/c1-25-16-6-5-14(19)12-15(16)21-13-18(24)23-10-8-22(9-11-23)17-4-2-3-7-20-17/h2-7,12,21H,8-11,13H2,1H3. The summed E-state index contributed by atoms with van der Waals surface area (Å²) in [4.78, 5) is 20.9. The minimum absolute atomic E-state index is 0.0581. The van der Waals surface area contributed by atoms with E-state index in [1.807, 2.05) is 23.1 Å². The van der Waals surface area contributed by atoms with Crippen LogP contribution >= 0.6 is 11.6 Å². The van der Waals surface area contributed by atoms with Crippen molar-refractivity contribution in [3.63, 3.8) is 0 Å². The zero-order chi connectivity index (χ0) is 17.6. The molecule has 3 rings (SSSR count). The zero-order valence-electron chi connectivity index (χ0n) is 14.1. The number of methoxy groups -OCH3 is 1. The lowest BCUT2D eigenvalue weighted by Crippen LogP contribution is -2.50. The Hall–Kier alpha value is -2.47. The van der Waals surface area contributed by atoms with Gasteiger partial charge in [-0.05, 0) is 30.3 Å². The molecule has 1 saturated heterocycles. The lowest BCUT2D eigenvalue weighted by Gasteiger charge is -2.35. The van der Waals surface area contributed by atoms with E-state index in [2.05, 4.69) is 15.2 Å². The lowest BCUT2D eigenvalue weighted by molar-refractivity contribution is -0.129. The first-order valence-corrected chi connectivity index (χ1v) is 8.56. The number of amides is 1. The summed E-state index contributed by atoms with van der Waals surface area (Å²) in [6.45, 7) is 3.14. The minimum atomic E-state index is 0.0581. The van der Waals surface area contributed by atoms with Gasteiger partial charge >= 0.3 is 0 Å². The van der Waals surface area contributed by atoms with Crippen molar-refractivity contribution in [3.8, 4) is 5.75 Å². The van der Waals surface area contributed by atoms with Gasteiger partial charge < -0.3 is 19.9 Å². The van der Waals surface area contributed by atoms with Crippen LogP contribution in [0.15, 0.2) is 42.6 Å². The molecule has 2 heterocycles. The van der Waals surface area contributed by atoms with Crippen molar-refractivity contribution in [2.75, 3.05) is 50.1 Å². The molecule has 0 spiro atoms. The number of carbonyl (C=O) groups is 1. The fraction of sp³-hybridized carbons (Fsp3) is 0.333. The van der Waals surface area contributed by atoms with Gasteiger partial charge in [-0.25, -0.2) is 4.98 Å². The largest absolute Gasteiger partial charge is 0.495 e. The van der Waals surface area contributed by atoms with Crippen LogP contribution in [0.1, 0.15) is 0 Å². The molecular formula is C18H21ClN4O2. The number of nitrogens with one attached hydrogen (secondary N) is 1. The van der Waals surface area contributed by atoms with Crippen LogP contribution in [0.4, 0.5) is 11.5 Å². The van der Waals surface area contributed by atoms with E-state index < -0.39 is 0 Å². The zero-order valence-corrected chi connectivity index (χ0v) is 14.9. The molecule has 1 N–H and O–H groups in total. The Labute approximate surface area is 152 Å². The first kappa shape index (κ1) is 17.4. The molecule has 0 saturated carbocycles. The van der Waals surface area contributed by atoms with E-state index in [0.717, 1.165) is 24.6 Å². The van der Waals surface area contributed by atoms with E-state index >= 15 is 0 Å². The van der Waals surface area contributed by atoms with Gasteiger partial charge in [0.25, 0.3) is 0 Å². The number of hydrogen-bond acceptors (Lipinski definition) is 5. The predicted molar refractivity (Wildman–Crippen MR) is 99.5 cm³/mol. The Morgan fingerprint density at radius 2 is 2.04 bits per heavy atom. The Balaban J connectivity index is 1.52. The van der Waals surface area contributed by atoms with Gasteiger partial charge in [0, 0.05) is 37.4 Å². The monoisotopic (exact) mass is 360 g/mol. The van der Waals surface area contributed by atoms with Gasteiger partial charge in [-0.15, -0.1) is 0 Å². The molecule has 0 radical (unpaired) electrons. The van der Waals surface area contributed by atoms with Crippen LogP contribution in [0.25, 0.3) is 0 Å². The Morgan fingerprint density at radius 1 is 1.24 bits per heavy atom. The summed E-state index contributed by atoms with van der Waals surface area (Å²) in [5.74, 6) is 1.68. The number of rotatable bonds is 5. The van der Waals surface area contributed by atoms with Crippen LogP contribution in [0.2, 0.25) is 5.02 Å². The van der Waals surface area contributed by atoms with Crippen molar-refractivity contribution in [3.05, 3.63) is 47.6 Å². The van der Waals surface area contributed by atoms with Crippen LogP contribution in [0.3, 0.4) is 0 Å². The summed E-state index contributed by atoms with van der Waals surface area (Å²) in [5.41, 5.74) is 0.718. The number of pyridine rings is 1. The van der Waals surface area contributed by atoms with Gasteiger partial charge in [-0.2, -0.15) is 0 Å². The fourth-order valence-electron chi connectivity index (χ4n) is 2.83. The van der Waals surface area contributed by atoms with Crippen LogP contribution < -0.4 is 15.0 Å². The lowest BCUT2D eigenvalue weighted by atomic mass is 10.2. The predicted octanol–water partition coefficient (Wildman–Crippen LogP) is 2.50. The van der Waals surface area contributed by atoms with Gasteiger partial charge in [0.1, 0.15) is 11.6 Å². The normalized spacial score (nSPS) is 14.3. The highest BCUT2D eigenvalue weighted by Crippen LogP contribution is 2.27. The Kier molecular flexibility index (Phi) is 5.60. The number of aromatic nitrogens is 1. The van der Waals surface area contributed by atoms with Crippen LogP contribution in [-0.2, 0) is 4.79 Å². The molecule has 0 bridgehead atoms. The molecule has 1 aromatic heterocycles. The average Bonchev–Trinajstić information content (AvgIpc) is 2.67. The summed E-state index contributed by atoms with van der Waals surface area (Å²) in [5, 5.41) is 3.72. The molecule has 25 heavy (non-hydrogen) atoms. The van der Waals surface area contributed by atoms with Gasteiger partial charge in [0.15, 0.2) is 0 Å². The Bertz CT molecular complexity index is 718. The first-order chi connectivity index (χ1) is 12.2. The van der Waals surface area contributed by atoms with Crippen LogP contribution in [-0.4, -0.2) is 55.6 Å². The van der Waals surface area contributed by atoms with Crippen molar-refractivity contribution in [2.45, 2.75) is 0 Å². The maximum atomic E-state index is 12.5. The number of anilines is 2. The van der Waals surface area contributed by atoms with Gasteiger partial charge in [-0.1, -0.05) is 17.7 Å². The molecule has 6 nitrogen and oxygen atoms in total. The topological polar surface area (TPSA) is 57.7 Å². The molecule has 1 fully saturated rings. The first-order valence-electron chi connectivity index (χ1n) is 8.18. The van der Waals surface area contributed by atoms with Crippen molar-refractivity contribution in [1.82, 2.24) is 9.88 Å². The maximum Gasteiger partial charge on any atom is 0.241 e. The number of carbonyl (C=O) groups excluding carboxylic acids is 1. The number of nitrogens with zero attached hydrogens (tertiary/aromatic N) is 3. The molecule has 1 aliphatic rings. The van der Waals surface area contributed by atoms with E-state index in [0.29, 0.717) is 23.9 Å². The molecule has 0 aliphatic carbocycles. The molecule has 1 amide bonds. The minimum Gasteiger partial charge on any atom is -0.495 e. The van der Waals surface area contributed by atoms with E-state index in [9.17, 15) is 4.79 Å². The van der Waals surface area contributed by atoms with E-state index in [4.69, 9.17) is 16.3 Å². The fourth-order valence-corrected chi connectivity index (χ4v) is 3.00. The third kappa shape index (κ3) is 4.33. The van der Waals surface area contributed by atoms with Gasteiger partial charge in [0.05, 0.1) is 19.3 Å². The van der Waals surface area contributed by atoms with Crippen LogP contribution in [0, 0.1) is 0 Å². The summed E-state index contributed by atoms with van der Waals surface area (Å²) in [7, 11) is 1.59. The smallest absolute Gasteiger partial charge is 0.241 e. The van der Waals surface area contributed by atoms with Crippen molar-refractivity contribution >= 4 is 29.0 Å². The second-order valence-electron chi connectivity index (χ2n) is 5.75. The molecule has 7 heteroatoms. The number of ether oxygens (including phenoxy) is 1. The molecule has 132 valence electrons. The third-order valence-corrected chi connectivity index (χ3v) is 4.43. The van der Waals surface area contributed by atoms with Gasteiger partial charge in [0.2, 0.25) is 5.91 Å². The highest BCUT2D eigenvalue weighted by Gasteiger charge is 2.21. The van der Waals surface area contributed by atoms with Gasteiger partial charge in [-0.3, -0.25) is 4.79 Å². The molecule has 1 aliphatic heterocycles. The SMILES string of the molecule is COc1ccc(Cl)cc1NCC(=O)N1CCN(c2ccccn2)CC1. The van der Waals surface area contributed by atoms with Crippen molar-refractivity contribution in [2.24, 2.45) is 0 Å². The molecule has 1 aromatic carbocycles. The van der Waals surface area contributed by atoms with Crippen molar-refractivity contribution in [1.29, 1.82) is 0 Å². The molecule has 0 atom stereocenters. The number of piperazine rings is 1. The molecular weight excluding hydrogens is 340 g/mol. The second-order valence-corrected chi connectivity index (χ2v) is 6.19. The second kappa shape index (κ2) is 8.07. The molecule has 2 aromatic rings. The maximum absolute atomic E-state index is 12.5. The average molecular weight is 361 g/mol. The van der Waals surface area contributed by atoms with E-state index in [1.54, 1.807) is 31.5 Å². The number of hydrogen-bond donors (Lipinski definition) is 1. The highest BCUT2D eigenvalue weighted by molar-refractivity contribution is 6.30. The number of halogens is 1. The number of benzene rings is 1. The summed E-state index contributed by atoms with van der Waals surface area (Å²) >= 11 is 6.01. The summed E-state index contributed by atoms with van der Waals surface area (Å²) in [6, 6.07) is 11.2. The summed E-state index contributed by atoms with van der Waals surface area (Å²) in [6.07, 6.45) is 1.79. The molecule has 0 unspecified atom stereocenters. The van der Waals surface area contributed by atoms with Crippen LogP contribution in [0.5, 0.6) is 5.75 Å². The highest BCUT2D eigenvalue weighted by atomic mass is 35.5. The third-order valence-electron chi connectivity index (χ3n) is 4.20. The van der Waals surface area contributed by atoms with Crippen molar-refractivity contribution < 1.29 is 9.53 Å². The Morgan fingerprint density at radius 3 is 2.72 bits per heavy atom. The quantitative estimate of drug-likeness (QED) is 0.887. The summed E-state index contributed by atoms with van der Waals surface area (Å²) < 4.78 is 5.28. The van der Waals surface area contributed by atoms with E-state index in [1.165, 1.54) is 0 Å². The van der Waals surface area contributed by atoms with E-state index in [-0.39, 0.29) is 12.5 Å².